The minimum Gasteiger partial charge on any atom is -0.493 e. The number of thiazole rings is 1. The molecule has 2 rings (SSSR count). The summed E-state index contributed by atoms with van der Waals surface area (Å²) in [6.07, 6.45) is 3.51. The fourth-order valence-electron chi connectivity index (χ4n) is 2.22. The van der Waals surface area contributed by atoms with Crippen molar-refractivity contribution in [3.05, 3.63) is 19.6 Å². The van der Waals surface area contributed by atoms with Crippen molar-refractivity contribution < 1.29 is 29.6 Å². The van der Waals surface area contributed by atoms with Gasteiger partial charge < -0.3 is 15.1 Å². The van der Waals surface area contributed by atoms with Crippen LogP contribution in [0.1, 0.15) is 17.7 Å². The van der Waals surface area contributed by atoms with Crippen LogP contribution in [-0.4, -0.2) is 55.5 Å². The van der Waals surface area contributed by atoms with Crippen LogP contribution < -0.4 is 0 Å². The molecule has 0 saturated carbocycles. The highest BCUT2D eigenvalue weighted by atomic mass is 32.2. The van der Waals surface area contributed by atoms with E-state index in [0.717, 1.165) is 60.1 Å². The zero-order chi connectivity index (χ0) is 18.9. The monoisotopic (exact) mass is 438 g/mol. The van der Waals surface area contributed by atoms with Gasteiger partial charge in [-0.05, 0) is 25.1 Å². The SMILES string of the molecule is O=C(O)Cn1c(O)c(C=C=C2SCCN2CCCCSOOO)sc1=S. The van der Waals surface area contributed by atoms with E-state index >= 15 is 0 Å². The van der Waals surface area contributed by atoms with Gasteiger partial charge in [0.05, 0.1) is 4.88 Å². The molecular weight excluding hydrogens is 420 g/mol. The van der Waals surface area contributed by atoms with Crippen molar-refractivity contribution in [2.75, 3.05) is 24.6 Å². The highest BCUT2D eigenvalue weighted by molar-refractivity contribution is 8.03. The largest absolute Gasteiger partial charge is 0.493 e. The summed E-state index contributed by atoms with van der Waals surface area (Å²) in [5.41, 5.74) is 3.18. The van der Waals surface area contributed by atoms with Gasteiger partial charge in [0.2, 0.25) is 5.88 Å². The van der Waals surface area contributed by atoms with Crippen molar-refractivity contribution in [1.82, 2.24) is 9.47 Å². The first-order chi connectivity index (χ1) is 12.5. The van der Waals surface area contributed by atoms with Gasteiger partial charge in [-0.1, -0.05) is 22.5 Å². The number of aromatic nitrogens is 1. The van der Waals surface area contributed by atoms with E-state index in [-0.39, 0.29) is 12.4 Å². The van der Waals surface area contributed by atoms with Crippen molar-refractivity contribution in [2.45, 2.75) is 19.4 Å². The second-order valence-corrected chi connectivity index (χ2v) is 8.68. The Hall–Kier alpha value is -0.980. The standard InChI is InChI=1S/C14H18N2O6S4/c17-12(18)9-16-13(19)10(26-14(16)23)3-4-11-15(6-8-24-11)5-1-2-7-25-22-21-20/h3,19-20H,1-2,5-9H2,(H,17,18). The quantitative estimate of drug-likeness (QED) is 0.126. The molecule has 0 spiro atoms. The van der Waals surface area contributed by atoms with Crippen LogP contribution >= 0.6 is 47.4 Å². The molecule has 1 aliphatic heterocycles. The Kier molecular flexibility index (Phi) is 9.02. The summed E-state index contributed by atoms with van der Waals surface area (Å²) in [5.74, 6) is 0.474. The van der Waals surface area contributed by atoms with Gasteiger partial charge in [0.25, 0.3) is 0 Å². The van der Waals surface area contributed by atoms with Crippen molar-refractivity contribution >= 4 is 59.4 Å². The van der Waals surface area contributed by atoms with E-state index in [4.69, 9.17) is 22.6 Å². The summed E-state index contributed by atoms with van der Waals surface area (Å²) < 4.78 is 5.82. The maximum absolute atomic E-state index is 10.8. The lowest BCUT2D eigenvalue weighted by molar-refractivity contribution is -0.432. The fourth-order valence-corrected chi connectivity index (χ4v) is 4.86. The molecule has 0 amide bonds. The summed E-state index contributed by atoms with van der Waals surface area (Å²) in [6.45, 7) is 1.42. The zero-order valence-corrected chi connectivity index (χ0v) is 16.9. The molecule has 1 saturated heterocycles. The Morgan fingerprint density at radius 1 is 1.46 bits per heavy atom. The van der Waals surface area contributed by atoms with Gasteiger partial charge in [-0.2, -0.15) is 0 Å². The molecule has 0 bridgehead atoms. The Bertz CT molecular complexity index is 740. The number of carbonyl (C=O) groups is 1. The molecule has 8 nitrogen and oxygen atoms in total. The predicted octanol–water partition coefficient (Wildman–Crippen LogP) is 3.42. The van der Waals surface area contributed by atoms with Crippen LogP contribution in [0.15, 0.2) is 10.8 Å². The lowest BCUT2D eigenvalue weighted by atomic mass is 10.3. The molecule has 144 valence electrons. The Morgan fingerprint density at radius 3 is 3.00 bits per heavy atom. The number of rotatable bonds is 10. The van der Waals surface area contributed by atoms with E-state index in [9.17, 15) is 9.90 Å². The molecule has 1 aromatic rings. The Morgan fingerprint density at radius 2 is 2.27 bits per heavy atom. The molecule has 0 aliphatic carbocycles. The first-order valence-corrected chi connectivity index (χ1v) is 10.7. The molecule has 26 heavy (non-hydrogen) atoms. The van der Waals surface area contributed by atoms with Crippen LogP contribution in [-0.2, 0) is 20.7 Å². The third kappa shape index (κ3) is 6.32. The minimum absolute atomic E-state index is 0.145. The summed E-state index contributed by atoms with van der Waals surface area (Å²) in [6, 6.07) is 0. The van der Waals surface area contributed by atoms with E-state index in [2.05, 4.69) is 20.0 Å². The molecule has 2 heterocycles. The molecule has 0 aromatic carbocycles. The van der Waals surface area contributed by atoms with E-state index < -0.39 is 5.97 Å². The molecule has 0 unspecified atom stereocenters. The number of hydrogen-bond acceptors (Lipinski definition) is 10. The summed E-state index contributed by atoms with van der Waals surface area (Å²) in [5, 5.41) is 31.6. The van der Waals surface area contributed by atoms with Gasteiger partial charge in [0.1, 0.15) is 11.6 Å². The number of carboxylic acid groups (broad SMARTS) is 1. The van der Waals surface area contributed by atoms with Crippen LogP contribution in [0.3, 0.4) is 0 Å². The number of carboxylic acids is 1. The van der Waals surface area contributed by atoms with E-state index in [1.54, 1.807) is 17.8 Å². The average molecular weight is 439 g/mol. The van der Waals surface area contributed by atoms with Crippen LogP contribution in [0, 0.1) is 3.95 Å². The highest BCUT2D eigenvalue weighted by Gasteiger charge is 2.17. The van der Waals surface area contributed by atoms with Gasteiger partial charge >= 0.3 is 5.97 Å². The van der Waals surface area contributed by atoms with Crippen LogP contribution in [0.2, 0.25) is 0 Å². The topological polar surface area (TPSA) is 104 Å². The van der Waals surface area contributed by atoms with Gasteiger partial charge in [-0.15, -0.1) is 15.7 Å². The van der Waals surface area contributed by atoms with E-state index in [0.29, 0.717) is 14.6 Å². The van der Waals surface area contributed by atoms with Gasteiger partial charge in [0.15, 0.2) is 3.95 Å². The summed E-state index contributed by atoms with van der Waals surface area (Å²) in [7, 11) is 0. The van der Waals surface area contributed by atoms with Crippen molar-refractivity contribution in [3.63, 3.8) is 0 Å². The fraction of sp³-hybridized carbons (Fsp3) is 0.500. The second-order valence-electron chi connectivity index (χ2n) is 5.14. The van der Waals surface area contributed by atoms with Gasteiger partial charge in [0, 0.05) is 42.7 Å². The number of thioether (sulfide) groups is 1. The number of aliphatic carboxylic acids is 1. The number of aromatic hydroxyl groups is 1. The van der Waals surface area contributed by atoms with Crippen LogP contribution in [0.25, 0.3) is 6.08 Å². The lowest BCUT2D eigenvalue weighted by Crippen LogP contribution is -2.19. The van der Waals surface area contributed by atoms with Crippen LogP contribution in [0.4, 0.5) is 0 Å². The zero-order valence-electron chi connectivity index (χ0n) is 13.6. The number of hydrogen-bond donors (Lipinski definition) is 3. The van der Waals surface area contributed by atoms with Gasteiger partial charge in [-0.3, -0.25) is 9.36 Å². The van der Waals surface area contributed by atoms with Gasteiger partial charge in [-0.25, -0.2) is 5.26 Å². The third-order valence-corrected chi connectivity index (χ3v) is 6.42. The Labute approximate surface area is 167 Å². The first-order valence-electron chi connectivity index (χ1n) is 7.61. The molecular formula is C14H18N2O6S4. The maximum atomic E-state index is 10.8. The van der Waals surface area contributed by atoms with Crippen molar-refractivity contribution in [1.29, 1.82) is 0 Å². The molecule has 0 radical (unpaired) electrons. The smallest absolute Gasteiger partial charge is 0.323 e. The Balaban J connectivity index is 1.99. The molecule has 0 atom stereocenters. The van der Waals surface area contributed by atoms with Crippen molar-refractivity contribution in [2.24, 2.45) is 0 Å². The predicted molar refractivity (Wildman–Crippen MR) is 104 cm³/mol. The highest BCUT2D eigenvalue weighted by Crippen LogP contribution is 2.30. The summed E-state index contributed by atoms with van der Waals surface area (Å²) >= 11 is 8.99. The van der Waals surface area contributed by atoms with E-state index in [1.807, 2.05) is 0 Å². The number of nitrogens with zero attached hydrogens (tertiary/aromatic N) is 2. The van der Waals surface area contributed by atoms with E-state index in [1.165, 1.54) is 4.57 Å². The average Bonchev–Trinajstić information content (AvgIpc) is 3.15. The molecule has 3 N–H and O–H groups in total. The number of unbranched alkanes of at least 4 members (excludes halogenated alkanes) is 1. The molecule has 1 fully saturated rings. The summed E-state index contributed by atoms with van der Waals surface area (Å²) in [4.78, 5) is 13.5. The van der Waals surface area contributed by atoms with Crippen LogP contribution in [0.5, 0.6) is 5.88 Å². The maximum Gasteiger partial charge on any atom is 0.323 e. The third-order valence-electron chi connectivity index (χ3n) is 3.39. The second kappa shape index (κ2) is 11.0. The molecule has 12 heteroatoms. The minimum atomic E-state index is -1.06. The normalized spacial score (nSPS) is 13.9. The molecule has 1 aliphatic rings. The first kappa shape index (κ1) is 21.3. The molecule has 1 aromatic heterocycles. The van der Waals surface area contributed by atoms with Crippen molar-refractivity contribution in [3.8, 4) is 5.88 Å². The lowest BCUT2D eigenvalue weighted by Gasteiger charge is -2.16.